The molecule has 0 N–H and O–H groups in total. The quantitative estimate of drug-likeness (QED) is 0.156. The Kier molecular flexibility index (Phi) is 9.61. The molecule has 0 fully saturated rings. The number of hydrogen-bond acceptors (Lipinski definition) is 4. The second-order valence-electron chi connectivity index (χ2n) is 15.7. The Balaban J connectivity index is 0.000000234. The van der Waals surface area contributed by atoms with Crippen LogP contribution in [-0.4, -0.2) is 14.5 Å². The molecule has 0 aliphatic heterocycles. The fourth-order valence-corrected chi connectivity index (χ4v) is 9.25. The third-order valence-corrected chi connectivity index (χ3v) is 12.4. The molecule has 0 aliphatic carbocycles. The van der Waals surface area contributed by atoms with E-state index in [0.29, 0.717) is 11.3 Å². The van der Waals surface area contributed by atoms with Gasteiger partial charge in [-0.15, -0.1) is 40.8 Å². The van der Waals surface area contributed by atoms with Gasteiger partial charge in [-0.05, 0) is 83.2 Å². The number of pyridine rings is 1. The Morgan fingerprint density at radius 2 is 1.28 bits per heavy atom. The first-order valence-corrected chi connectivity index (χ1v) is 21.8. The van der Waals surface area contributed by atoms with E-state index in [0.717, 1.165) is 88.8 Å². The van der Waals surface area contributed by atoms with Crippen LogP contribution in [0, 0.1) is 32.1 Å². The van der Waals surface area contributed by atoms with Crippen LogP contribution >= 0.6 is 11.3 Å². The third kappa shape index (κ3) is 8.02. The zero-order valence-corrected chi connectivity index (χ0v) is 38.2. The van der Waals surface area contributed by atoms with E-state index in [9.17, 15) is 0 Å². The average molecular weight is 1040 g/mol. The molecule has 65 heavy (non-hydrogen) atoms. The fraction of sp³-hybridized carbons (Fsp3) is 0.0508. The van der Waals surface area contributed by atoms with Gasteiger partial charge < -0.3 is 14.0 Å². The number of aryl methyl sites for hydroxylation is 3. The van der Waals surface area contributed by atoms with Gasteiger partial charge in [0.1, 0.15) is 11.2 Å². The Morgan fingerprint density at radius 1 is 0.585 bits per heavy atom. The van der Waals surface area contributed by atoms with Gasteiger partial charge in [-0.25, -0.2) is 0 Å². The molecule has 4 nitrogen and oxygen atoms in total. The van der Waals surface area contributed by atoms with Gasteiger partial charge in [0.2, 0.25) is 0 Å². The molecule has 0 saturated heterocycles. The largest absolute Gasteiger partial charge is 0.456 e. The molecule has 0 bridgehead atoms. The van der Waals surface area contributed by atoms with Crippen molar-refractivity contribution in [2.45, 2.75) is 20.6 Å². The molecule has 12 aromatic rings. The normalized spacial score (nSPS) is 12.9. The number of thiophene rings is 1. The van der Waals surface area contributed by atoms with Crippen LogP contribution < -0.4 is 0 Å². The summed E-state index contributed by atoms with van der Waals surface area (Å²) in [7, 11) is 0. The van der Waals surface area contributed by atoms with Gasteiger partial charge in [-0.1, -0.05) is 162 Å². The summed E-state index contributed by atoms with van der Waals surface area (Å²) in [5, 5.41) is 7.10. The number of benzene rings is 8. The molecule has 0 amide bonds. The minimum atomic E-state index is -2.18. The Hall–Kier alpha value is -7.21. The van der Waals surface area contributed by atoms with Gasteiger partial charge in [-0.2, -0.15) is 0 Å². The van der Waals surface area contributed by atoms with E-state index in [2.05, 4.69) is 186 Å². The molecule has 0 atom stereocenters. The third-order valence-electron chi connectivity index (χ3n) is 11.5. The van der Waals surface area contributed by atoms with Crippen molar-refractivity contribution in [1.29, 1.82) is 0 Å². The van der Waals surface area contributed by atoms with Gasteiger partial charge in [0.25, 0.3) is 0 Å². The van der Waals surface area contributed by atoms with Crippen molar-refractivity contribution in [1.82, 2.24) is 14.5 Å². The molecule has 4 aromatic heterocycles. The van der Waals surface area contributed by atoms with Crippen molar-refractivity contribution in [2.24, 2.45) is 0 Å². The van der Waals surface area contributed by atoms with Crippen molar-refractivity contribution in [3.8, 4) is 61.7 Å². The van der Waals surface area contributed by atoms with E-state index in [1.165, 1.54) is 34.7 Å². The van der Waals surface area contributed by atoms with E-state index >= 15 is 0 Å². The first-order valence-electron chi connectivity index (χ1n) is 24.0. The summed E-state index contributed by atoms with van der Waals surface area (Å²) in [6.07, 6.45) is 1.30. The number of rotatable bonds is 6. The number of hydrogen-bond donors (Lipinski definition) is 0. The molecule has 0 saturated carbocycles. The zero-order chi connectivity index (χ0) is 48.1. The molecule has 315 valence electrons. The summed E-state index contributed by atoms with van der Waals surface area (Å²) in [6.45, 7) is -2.24. The molecular weight excluding hydrogens is 991 g/mol. The van der Waals surface area contributed by atoms with Gasteiger partial charge in [0.15, 0.2) is 0 Å². The number of furan rings is 1. The number of fused-ring (bicyclic) bond motifs is 5. The maximum Gasteiger partial charge on any atom is 0.135 e. The topological polar surface area (TPSA) is 43.9 Å². The molecule has 8 aromatic carbocycles. The number of para-hydroxylation sites is 3. The molecule has 4 heterocycles. The van der Waals surface area contributed by atoms with E-state index in [-0.39, 0.29) is 31.2 Å². The summed E-state index contributed by atoms with van der Waals surface area (Å²) in [6, 6.07) is 66.5. The van der Waals surface area contributed by atoms with Crippen molar-refractivity contribution >= 4 is 54.4 Å². The minimum absolute atomic E-state index is 0. The summed E-state index contributed by atoms with van der Waals surface area (Å²) in [4.78, 5) is 9.43. The van der Waals surface area contributed by atoms with E-state index < -0.39 is 13.7 Å². The van der Waals surface area contributed by atoms with Crippen molar-refractivity contribution < 1.29 is 32.7 Å². The molecule has 0 spiro atoms. The molecule has 1 radical (unpaired) electrons. The smallest absolute Gasteiger partial charge is 0.135 e. The van der Waals surface area contributed by atoms with Crippen molar-refractivity contribution in [3.05, 3.63) is 222 Å². The molecule has 0 aliphatic rings. The monoisotopic (exact) mass is 1040 g/mol. The standard InChI is InChI=1S/C46H29N2OS.C13H12N.Ir/c1-29-19-22-36-37-26-32(20-23-42(37)49-43(36)25-29)33-21-24-44-38(27-33)39(28-50-44)46-47-40-17-8-9-18-41(40)48(46)45-34(30-11-4-2-5-12-30)15-10-16-35(45)31-13-6-3-7-14-31;1-10-3-6-12(7-4-10)13-8-5-11(2)9-14-13;/h2-27H,1H3;3-6,8-9H,1-2H3;/q2*-1;/i;1D3,2D3;. The van der Waals surface area contributed by atoms with Crippen LogP contribution in [0.25, 0.3) is 105 Å². The van der Waals surface area contributed by atoms with Crippen LogP contribution in [0.3, 0.4) is 0 Å². The van der Waals surface area contributed by atoms with Crippen LogP contribution in [0.4, 0.5) is 0 Å². The van der Waals surface area contributed by atoms with Gasteiger partial charge in [0.05, 0.1) is 22.5 Å². The summed E-state index contributed by atoms with van der Waals surface area (Å²) >= 11 is 1.64. The second-order valence-corrected chi connectivity index (χ2v) is 16.6. The second kappa shape index (κ2) is 17.8. The minimum Gasteiger partial charge on any atom is -0.456 e. The average Bonchev–Trinajstić information content (AvgIpc) is 4.09. The maximum atomic E-state index is 7.28. The molecule has 0 unspecified atom stereocenters. The number of aromatic nitrogens is 3. The Morgan fingerprint density at radius 3 is 1.98 bits per heavy atom. The maximum absolute atomic E-state index is 7.28. The SMILES string of the molecule is Cc1ccc2c(c1)oc1ccc(-c3ccc4s[c-]c(-c5nc6ccccc6n5-c5c(-c6ccccc6)cccc5-c5ccccc5)c4c3)cc12.[2H]C([2H])([2H])c1c[c-]c(-c2ccc(C([2H])([2H])[2H])cn2)cc1.[Ir]. The fourth-order valence-electron chi connectivity index (χ4n) is 8.43. The van der Waals surface area contributed by atoms with Crippen LogP contribution in [0.15, 0.2) is 199 Å². The van der Waals surface area contributed by atoms with E-state index in [4.69, 9.17) is 17.6 Å². The van der Waals surface area contributed by atoms with Gasteiger partial charge >= 0.3 is 0 Å². The van der Waals surface area contributed by atoms with Crippen LogP contribution in [0.5, 0.6) is 0 Å². The van der Waals surface area contributed by atoms with Crippen LogP contribution in [-0.2, 0) is 20.1 Å². The first-order chi connectivity index (χ1) is 33.9. The zero-order valence-electron chi connectivity index (χ0n) is 41.0. The predicted molar refractivity (Wildman–Crippen MR) is 267 cm³/mol. The van der Waals surface area contributed by atoms with E-state index in [1.54, 1.807) is 23.5 Å². The van der Waals surface area contributed by atoms with Crippen LogP contribution in [0.2, 0.25) is 0 Å². The van der Waals surface area contributed by atoms with Crippen LogP contribution in [0.1, 0.15) is 24.9 Å². The van der Waals surface area contributed by atoms with Crippen molar-refractivity contribution in [3.63, 3.8) is 0 Å². The van der Waals surface area contributed by atoms with Crippen molar-refractivity contribution in [2.75, 3.05) is 0 Å². The summed E-state index contributed by atoms with van der Waals surface area (Å²) in [5.74, 6) is 0.877. The van der Waals surface area contributed by atoms with Gasteiger partial charge in [-0.3, -0.25) is 16.3 Å². The molecular formula is C59H41IrN3OS-2. The summed E-state index contributed by atoms with van der Waals surface area (Å²) < 4.78 is 53.4. The molecule has 6 heteroatoms. The first kappa shape index (κ1) is 35.2. The molecule has 12 rings (SSSR count). The Labute approximate surface area is 404 Å². The van der Waals surface area contributed by atoms with Gasteiger partial charge in [0, 0.05) is 56.4 Å². The van der Waals surface area contributed by atoms with E-state index in [1.807, 2.05) is 0 Å². The number of nitrogens with zero attached hydrogens (tertiary/aromatic N) is 3. The Bertz CT molecular complexity index is 3750. The number of imidazole rings is 1. The predicted octanol–water partition coefficient (Wildman–Crippen LogP) is 16.1. The summed E-state index contributed by atoms with van der Waals surface area (Å²) in [5.41, 5.74) is 15.6.